The van der Waals surface area contributed by atoms with Gasteiger partial charge in [-0.25, -0.2) is 9.78 Å². The zero-order chi connectivity index (χ0) is 18.7. The van der Waals surface area contributed by atoms with Gasteiger partial charge in [0.15, 0.2) is 0 Å². The first-order valence-corrected chi connectivity index (χ1v) is 10.1. The Morgan fingerprint density at radius 2 is 1.92 bits per heavy atom. The van der Waals surface area contributed by atoms with Gasteiger partial charge in [0.2, 0.25) is 0 Å². The lowest BCUT2D eigenvalue weighted by Crippen LogP contribution is -2.49. The smallest absolute Gasteiger partial charge is 0.410 e. The van der Waals surface area contributed by atoms with Crippen molar-refractivity contribution in [3.05, 3.63) is 18.2 Å². The molecule has 26 heavy (non-hydrogen) atoms. The average Bonchev–Trinajstić information content (AvgIpc) is 3.14. The highest BCUT2D eigenvalue weighted by molar-refractivity contribution is 5.70. The quantitative estimate of drug-likeness (QED) is 0.747. The van der Waals surface area contributed by atoms with Crippen LogP contribution in [0.15, 0.2) is 12.4 Å². The fourth-order valence-electron chi connectivity index (χ4n) is 4.06. The Balaban J connectivity index is 1.46. The number of likely N-dealkylation sites (tertiary alicyclic amines) is 1. The maximum absolute atomic E-state index is 12.2. The Labute approximate surface area is 157 Å². The Morgan fingerprint density at radius 1 is 1.19 bits per heavy atom. The number of piperidine rings is 1. The lowest BCUT2D eigenvalue weighted by Gasteiger charge is -2.40. The van der Waals surface area contributed by atoms with E-state index in [1.807, 2.05) is 11.1 Å². The third-order valence-corrected chi connectivity index (χ3v) is 6.06. The van der Waals surface area contributed by atoms with Gasteiger partial charge in [0.25, 0.3) is 0 Å². The van der Waals surface area contributed by atoms with Crippen LogP contribution in [-0.2, 0) is 11.3 Å². The number of nitrogens with zero attached hydrogens (tertiary/aromatic N) is 4. The number of carbonyl (C=O) groups excluding carboxylic acids is 1. The first-order chi connectivity index (χ1) is 12.4. The van der Waals surface area contributed by atoms with Crippen molar-refractivity contribution in [2.45, 2.75) is 71.6 Å². The van der Waals surface area contributed by atoms with Gasteiger partial charge in [-0.05, 0) is 32.6 Å². The zero-order valence-electron chi connectivity index (χ0n) is 16.8. The van der Waals surface area contributed by atoms with Crippen LogP contribution < -0.4 is 0 Å². The molecule has 1 spiro atoms. The van der Waals surface area contributed by atoms with E-state index in [0.717, 1.165) is 64.2 Å². The van der Waals surface area contributed by atoms with Crippen LogP contribution in [0.5, 0.6) is 0 Å². The molecule has 1 aromatic rings. The van der Waals surface area contributed by atoms with Crippen LogP contribution in [-0.4, -0.2) is 63.3 Å². The lowest BCUT2D eigenvalue weighted by molar-refractivity contribution is -0.00943. The largest absolute Gasteiger partial charge is 0.441 e. The van der Waals surface area contributed by atoms with E-state index < -0.39 is 0 Å². The number of hydrogen-bond donors (Lipinski definition) is 0. The predicted octanol–water partition coefficient (Wildman–Crippen LogP) is 3.30. The number of hydrogen-bond acceptors (Lipinski definition) is 4. The van der Waals surface area contributed by atoms with Gasteiger partial charge in [-0.1, -0.05) is 13.8 Å². The first-order valence-electron chi connectivity index (χ1n) is 10.1. The normalized spacial score (nSPS) is 21.6. The van der Waals surface area contributed by atoms with Crippen molar-refractivity contribution < 1.29 is 9.53 Å². The number of carbonyl (C=O) groups is 1. The van der Waals surface area contributed by atoms with Crippen molar-refractivity contribution in [2.75, 3.05) is 26.2 Å². The van der Waals surface area contributed by atoms with E-state index in [2.05, 4.69) is 48.3 Å². The van der Waals surface area contributed by atoms with Crippen molar-refractivity contribution in [3.63, 3.8) is 0 Å². The van der Waals surface area contributed by atoms with Crippen LogP contribution >= 0.6 is 0 Å². The Morgan fingerprint density at radius 3 is 2.54 bits per heavy atom. The van der Waals surface area contributed by atoms with Gasteiger partial charge < -0.3 is 19.1 Å². The third-order valence-electron chi connectivity index (χ3n) is 6.06. The third kappa shape index (κ3) is 4.40. The molecule has 1 aromatic heterocycles. The molecule has 2 aliphatic heterocycles. The number of ether oxygens (including phenoxy) is 1. The highest BCUT2D eigenvalue weighted by Gasteiger charge is 2.47. The summed E-state index contributed by atoms with van der Waals surface area (Å²) in [5, 5.41) is 0. The summed E-state index contributed by atoms with van der Waals surface area (Å²) in [6.07, 6.45) is 7.87. The van der Waals surface area contributed by atoms with E-state index >= 15 is 0 Å². The molecule has 0 bridgehead atoms. The summed E-state index contributed by atoms with van der Waals surface area (Å²) in [6, 6.07) is 0.531. The summed E-state index contributed by atoms with van der Waals surface area (Å²) < 4.78 is 8.06. The van der Waals surface area contributed by atoms with Gasteiger partial charge in [-0.2, -0.15) is 0 Å². The maximum atomic E-state index is 12.2. The number of aryl methyl sites for hydroxylation is 2. The molecule has 6 nitrogen and oxygen atoms in total. The van der Waals surface area contributed by atoms with E-state index in [-0.39, 0.29) is 11.7 Å². The summed E-state index contributed by atoms with van der Waals surface area (Å²) in [7, 11) is 0. The Bertz CT molecular complexity index is 605. The second-order valence-electron chi connectivity index (χ2n) is 8.50. The van der Waals surface area contributed by atoms with E-state index in [0.29, 0.717) is 12.0 Å². The van der Waals surface area contributed by atoms with Crippen LogP contribution in [0.2, 0.25) is 0 Å². The molecule has 0 N–H and O–H groups in total. The Hall–Kier alpha value is -1.56. The van der Waals surface area contributed by atoms with E-state index in [1.54, 1.807) is 0 Å². The molecule has 146 valence electrons. The highest BCUT2D eigenvalue weighted by atomic mass is 16.6. The number of aromatic nitrogens is 2. The van der Waals surface area contributed by atoms with Crippen LogP contribution in [0.1, 0.15) is 52.3 Å². The summed E-state index contributed by atoms with van der Waals surface area (Å²) in [6.45, 7) is 13.4. The van der Waals surface area contributed by atoms with Crippen molar-refractivity contribution in [2.24, 2.45) is 5.92 Å². The van der Waals surface area contributed by atoms with Crippen LogP contribution in [0.25, 0.3) is 0 Å². The van der Waals surface area contributed by atoms with E-state index in [9.17, 15) is 4.79 Å². The van der Waals surface area contributed by atoms with Crippen LogP contribution in [0.3, 0.4) is 0 Å². The fraction of sp³-hybridized carbons (Fsp3) is 0.800. The van der Waals surface area contributed by atoms with Crippen molar-refractivity contribution in [3.8, 4) is 0 Å². The van der Waals surface area contributed by atoms with E-state index in [4.69, 9.17) is 4.74 Å². The highest BCUT2D eigenvalue weighted by Crippen LogP contribution is 2.34. The molecule has 1 atom stereocenters. The monoisotopic (exact) mass is 362 g/mol. The number of imidazole rings is 1. The summed E-state index contributed by atoms with van der Waals surface area (Å²) in [5.41, 5.74) is -0.245. The zero-order valence-corrected chi connectivity index (χ0v) is 16.8. The molecular weight excluding hydrogens is 328 g/mol. The van der Waals surface area contributed by atoms with Crippen molar-refractivity contribution in [1.82, 2.24) is 19.4 Å². The Kier molecular flexibility index (Phi) is 5.90. The molecule has 1 amide bonds. The summed E-state index contributed by atoms with van der Waals surface area (Å²) in [5.74, 6) is 1.69. The fourth-order valence-corrected chi connectivity index (χ4v) is 4.06. The molecule has 0 aromatic carbocycles. The van der Waals surface area contributed by atoms with Gasteiger partial charge in [0.05, 0.1) is 6.54 Å². The molecular formula is C20H34N4O2. The van der Waals surface area contributed by atoms with Gasteiger partial charge in [-0.15, -0.1) is 0 Å². The average molecular weight is 363 g/mol. The van der Waals surface area contributed by atoms with Gasteiger partial charge >= 0.3 is 6.09 Å². The maximum Gasteiger partial charge on any atom is 0.410 e. The topological polar surface area (TPSA) is 50.6 Å². The summed E-state index contributed by atoms with van der Waals surface area (Å²) in [4.78, 5) is 21.0. The number of amides is 1. The molecule has 0 unspecified atom stereocenters. The minimum atomic E-state index is -0.245. The van der Waals surface area contributed by atoms with Gasteiger partial charge in [0, 0.05) is 57.5 Å². The summed E-state index contributed by atoms with van der Waals surface area (Å²) >= 11 is 0. The molecule has 3 rings (SSSR count). The molecule has 2 fully saturated rings. The molecule has 0 radical (unpaired) electrons. The predicted molar refractivity (Wildman–Crippen MR) is 102 cm³/mol. The SMILES string of the molecule is Cc1nccn1CC[C@H](C)N1CCC2(CC1)CN(CCC(C)C)C(=O)O2. The molecule has 0 saturated carbocycles. The van der Waals surface area contributed by atoms with Gasteiger partial charge in [0.1, 0.15) is 11.4 Å². The molecule has 6 heteroatoms. The molecule has 2 aliphatic rings. The van der Waals surface area contributed by atoms with Crippen LogP contribution in [0.4, 0.5) is 4.79 Å². The second kappa shape index (κ2) is 7.99. The van der Waals surface area contributed by atoms with Gasteiger partial charge in [-0.3, -0.25) is 0 Å². The molecule has 2 saturated heterocycles. The minimum Gasteiger partial charge on any atom is -0.441 e. The standard InChI is InChI=1S/C20H34N4O2/c1-16(2)5-10-24-15-20(26-19(24)25)7-12-22(13-8-20)17(3)6-11-23-14-9-21-18(23)4/h9,14,16-17H,5-8,10-13,15H2,1-4H3/t17-/m0/s1. The molecule has 0 aliphatic carbocycles. The van der Waals surface area contributed by atoms with Crippen LogP contribution in [0, 0.1) is 12.8 Å². The minimum absolute atomic E-state index is 0.109. The lowest BCUT2D eigenvalue weighted by atomic mass is 9.90. The molecule has 3 heterocycles. The van der Waals surface area contributed by atoms with Crippen molar-refractivity contribution >= 4 is 6.09 Å². The number of rotatable bonds is 7. The van der Waals surface area contributed by atoms with E-state index in [1.165, 1.54) is 0 Å². The van der Waals surface area contributed by atoms with Crippen molar-refractivity contribution in [1.29, 1.82) is 0 Å². The second-order valence-corrected chi connectivity index (χ2v) is 8.50. The first kappa shape index (κ1) is 19.2.